The van der Waals surface area contributed by atoms with Crippen LogP contribution in [0.25, 0.3) is 11.1 Å². The van der Waals surface area contributed by atoms with Gasteiger partial charge < -0.3 is 9.64 Å². The third-order valence-corrected chi connectivity index (χ3v) is 7.70. The van der Waals surface area contributed by atoms with E-state index >= 15 is 0 Å². The molecule has 4 heteroatoms. The van der Waals surface area contributed by atoms with Crippen molar-refractivity contribution in [3.05, 3.63) is 90.5 Å². The molecule has 0 spiro atoms. The third kappa shape index (κ3) is 5.91. The molecule has 1 aliphatic heterocycles. The molecule has 0 radical (unpaired) electrons. The second-order valence-corrected chi connectivity index (χ2v) is 9.76. The molecule has 1 fully saturated rings. The molecule has 0 aromatic heterocycles. The van der Waals surface area contributed by atoms with E-state index in [2.05, 4.69) is 59.5 Å². The standard InChI is InChI=1S/C27H31NO2S/c1-30-27-16-18-28(20-25(27)21-31(29)26-13-6-3-7-14-26)17-15-22-9-8-12-24(19-22)23-10-4-2-5-11-23/h2-14,19,25,27H,15-18,20-21H2,1H3. The lowest BCUT2D eigenvalue weighted by Crippen LogP contribution is -2.46. The third-order valence-electron chi connectivity index (χ3n) is 6.17. The molecule has 3 aromatic rings. The molecule has 0 saturated carbocycles. The van der Waals surface area contributed by atoms with E-state index in [4.69, 9.17) is 4.74 Å². The van der Waals surface area contributed by atoms with E-state index in [9.17, 15) is 4.21 Å². The van der Waals surface area contributed by atoms with E-state index in [0.717, 1.165) is 37.4 Å². The first-order valence-electron chi connectivity index (χ1n) is 11.1. The number of likely N-dealkylation sites (tertiary alicyclic amines) is 1. The van der Waals surface area contributed by atoms with Crippen LogP contribution in [0.5, 0.6) is 0 Å². The van der Waals surface area contributed by atoms with Crippen LogP contribution in [0, 0.1) is 5.92 Å². The van der Waals surface area contributed by atoms with Crippen molar-refractivity contribution in [1.82, 2.24) is 4.90 Å². The Labute approximate surface area is 188 Å². The van der Waals surface area contributed by atoms with Crippen LogP contribution in [0.1, 0.15) is 12.0 Å². The maximum atomic E-state index is 12.9. The fourth-order valence-electron chi connectivity index (χ4n) is 4.45. The summed E-state index contributed by atoms with van der Waals surface area (Å²) in [5.41, 5.74) is 3.89. The molecule has 0 aliphatic carbocycles. The van der Waals surface area contributed by atoms with Crippen LogP contribution >= 0.6 is 0 Å². The number of hydrogen-bond acceptors (Lipinski definition) is 3. The highest BCUT2D eigenvalue weighted by molar-refractivity contribution is 7.85. The van der Waals surface area contributed by atoms with Gasteiger partial charge in [0.05, 0.1) is 16.9 Å². The molecule has 3 nitrogen and oxygen atoms in total. The van der Waals surface area contributed by atoms with Gasteiger partial charge in [0.25, 0.3) is 0 Å². The van der Waals surface area contributed by atoms with Crippen molar-refractivity contribution in [3.63, 3.8) is 0 Å². The molecule has 0 N–H and O–H groups in total. The normalized spacial score (nSPS) is 20.4. The van der Waals surface area contributed by atoms with Crippen LogP contribution in [-0.2, 0) is 22.0 Å². The Balaban J connectivity index is 1.36. The number of methoxy groups -OCH3 is 1. The minimum atomic E-state index is -0.989. The quantitative estimate of drug-likeness (QED) is 0.498. The highest BCUT2D eigenvalue weighted by Crippen LogP contribution is 2.24. The summed E-state index contributed by atoms with van der Waals surface area (Å²) in [6.07, 6.45) is 2.20. The van der Waals surface area contributed by atoms with Gasteiger partial charge in [-0.25, -0.2) is 0 Å². The lowest BCUT2D eigenvalue weighted by molar-refractivity contribution is 0.00240. The summed E-state index contributed by atoms with van der Waals surface area (Å²) in [5.74, 6) is 0.943. The second kappa shape index (κ2) is 10.9. The molecular weight excluding hydrogens is 402 g/mol. The largest absolute Gasteiger partial charge is 0.381 e. The van der Waals surface area contributed by atoms with E-state index in [1.165, 1.54) is 16.7 Å². The first-order valence-corrected chi connectivity index (χ1v) is 12.4. The molecule has 31 heavy (non-hydrogen) atoms. The fraction of sp³-hybridized carbons (Fsp3) is 0.333. The summed E-state index contributed by atoms with van der Waals surface area (Å²) in [7, 11) is 0.796. The molecule has 3 unspecified atom stereocenters. The monoisotopic (exact) mass is 433 g/mol. The van der Waals surface area contributed by atoms with Gasteiger partial charge >= 0.3 is 0 Å². The topological polar surface area (TPSA) is 29.5 Å². The van der Waals surface area contributed by atoms with Crippen LogP contribution in [0.2, 0.25) is 0 Å². The zero-order chi connectivity index (χ0) is 21.5. The Kier molecular flexibility index (Phi) is 7.68. The van der Waals surface area contributed by atoms with Crippen LogP contribution in [-0.4, -0.2) is 47.7 Å². The van der Waals surface area contributed by atoms with Gasteiger partial charge in [-0.05, 0) is 41.7 Å². The van der Waals surface area contributed by atoms with Gasteiger partial charge in [-0.2, -0.15) is 0 Å². The first kappa shape index (κ1) is 21.9. The van der Waals surface area contributed by atoms with Gasteiger partial charge in [-0.15, -0.1) is 0 Å². The Hall–Kier alpha value is -2.27. The number of ether oxygens (including phenoxy) is 1. The van der Waals surface area contributed by atoms with Gasteiger partial charge in [-0.1, -0.05) is 72.8 Å². The Morgan fingerprint density at radius 3 is 2.39 bits per heavy atom. The van der Waals surface area contributed by atoms with Crippen LogP contribution in [0.15, 0.2) is 89.8 Å². The molecule has 3 atom stereocenters. The smallest absolute Gasteiger partial charge is 0.0632 e. The molecule has 0 amide bonds. The van der Waals surface area contributed by atoms with Crippen LogP contribution in [0.4, 0.5) is 0 Å². The number of nitrogens with zero attached hydrogens (tertiary/aromatic N) is 1. The second-order valence-electron chi connectivity index (χ2n) is 8.27. The molecule has 162 valence electrons. The number of piperidine rings is 1. The summed E-state index contributed by atoms with van der Waals surface area (Å²) in [4.78, 5) is 3.42. The molecule has 0 bridgehead atoms. The van der Waals surface area contributed by atoms with E-state index < -0.39 is 10.8 Å². The van der Waals surface area contributed by atoms with Gasteiger partial charge in [0.2, 0.25) is 0 Å². The summed E-state index contributed by atoms with van der Waals surface area (Å²) < 4.78 is 18.6. The van der Waals surface area contributed by atoms with Crippen molar-refractivity contribution in [2.45, 2.75) is 23.8 Å². The van der Waals surface area contributed by atoms with Crippen molar-refractivity contribution in [1.29, 1.82) is 0 Å². The molecule has 4 rings (SSSR count). The van der Waals surface area contributed by atoms with Gasteiger partial charge in [0, 0.05) is 43.3 Å². The summed E-state index contributed by atoms with van der Waals surface area (Å²) in [6.45, 7) is 2.99. The van der Waals surface area contributed by atoms with Crippen molar-refractivity contribution < 1.29 is 8.95 Å². The molecular formula is C27H31NO2S. The predicted octanol–water partition coefficient (Wildman–Crippen LogP) is 5.04. The SMILES string of the molecule is COC1CCN(CCc2cccc(-c3ccccc3)c2)CC1CS(=O)c1ccccc1. The fourth-order valence-corrected chi connectivity index (χ4v) is 5.81. The van der Waals surface area contributed by atoms with Crippen LogP contribution < -0.4 is 0 Å². The average molecular weight is 434 g/mol. The van der Waals surface area contributed by atoms with Gasteiger partial charge in [-0.3, -0.25) is 4.21 Å². The van der Waals surface area contributed by atoms with E-state index in [1.54, 1.807) is 7.11 Å². The Bertz CT molecular complexity index is 977. The Morgan fingerprint density at radius 1 is 0.935 bits per heavy atom. The van der Waals surface area contributed by atoms with Crippen molar-refractivity contribution in [2.75, 3.05) is 32.5 Å². The number of benzene rings is 3. The molecule has 3 aromatic carbocycles. The molecule has 1 saturated heterocycles. The van der Waals surface area contributed by atoms with Gasteiger partial charge in [0.15, 0.2) is 0 Å². The zero-order valence-electron chi connectivity index (χ0n) is 18.2. The van der Waals surface area contributed by atoms with E-state index in [0.29, 0.717) is 5.75 Å². The van der Waals surface area contributed by atoms with E-state index in [-0.39, 0.29) is 12.0 Å². The molecule has 1 heterocycles. The predicted molar refractivity (Wildman–Crippen MR) is 129 cm³/mol. The lowest BCUT2D eigenvalue weighted by Gasteiger charge is -2.37. The lowest BCUT2D eigenvalue weighted by atomic mass is 9.95. The molecule has 1 aliphatic rings. The minimum Gasteiger partial charge on any atom is -0.381 e. The number of rotatable bonds is 8. The highest BCUT2D eigenvalue weighted by Gasteiger charge is 2.30. The minimum absolute atomic E-state index is 0.185. The highest BCUT2D eigenvalue weighted by atomic mass is 32.2. The maximum Gasteiger partial charge on any atom is 0.0632 e. The first-order chi connectivity index (χ1) is 15.2. The maximum absolute atomic E-state index is 12.9. The Morgan fingerprint density at radius 2 is 1.65 bits per heavy atom. The number of hydrogen-bond donors (Lipinski definition) is 0. The van der Waals surface area contributed by atoms with E-state index in [1.807, 2.05) is 30.3 Å². The van der Waals surface area contributed by atoms with Crippen molar-refractivity contribution in [2.24, 2.45) is 5.92 Å². The summed E-state index contributed by atoms with van der Waals surface area (Å²) in [6, 6.07) is 29.2. The van der Waals surface area contributed by atoms with Crippen molar-refractivity contribution in [3.8, 4) is 11.1 Å². The summed E-state index contributed by atoms with van der Waals surface area (Å²) >= 11 is 0. The average Bonchev–Trinajstić information content (AvgIpc) is 2.84. The summed E-state index contributed by atoms with van der Waals surface area (Å²) in [5, 5.41) is 0. The van der Waals surface area contributed by atoms with Crippen LogP contribution in [0.3, 0.4) is 0 Å². The van der Waals surface area contributed by atoms with Crippen molar-refractivity contribution >= 4 is 10.8 Å². The zero-order valence-corrected chi connectivity index (χ0v) is 19.0. The van der Waals surface area contributed by atoms with Gasteiger partial charge in [0.1, 0.15) is 0 Å².